The number of ether oxygens (including phenoxy) is 1. The highest BCUT2D eigenvalue weighted by Gasteiger charge is 2.40. The van der Waals surface area contributed by atoms with Crippen LogP contribution in [0.3, 0.4) is 0 Å². The molecule has 4 heteroatoms. The zero-order valence-corrected chi connectivity index (χ0v) is 10.6. The molecule has 1 aromatic carbocycles. The number of aryl methyl sites for hydroxylation is 1. The summed E-state index contributed by atoms with van der Waals surface area (Å²) in [6.07, 6.45) is 0.873. The SMILES string of the molecule is Cc1ccc(NC(=O)COC(=O)[C@@H]2C[C@@H]2C)cc1. The molecular formula is C14H17NO3. The normalized spacial score (nSPS) is 21.2. The number of carbonyl (C=O) groups excluding carboxylic acids is 2. The van der Waals surface area contributed by atoms with Crippen LogP contribution in [0.15, 0.2) is 24.3 Å². The molecule has 0 bridgehead atoms. The van der Waals surface area contributed by atoms with Crippen LogP contribution in [0.25, 0.3) is 0 Å². The maximum Gasteiger partial charge on any atom is 0.309 e. The van der Waals surface area contributed by atoms with Gasteiger partial charge in [-0.2, -0.15) is 0 Å². The average Bonchev–Trinajstić information content (AvgIpc) is 3.06. The first-order valence-electron chi connectivity index (χ1n) is 6.09. The van der Waals surface area contributed by atoms with Crippen molar-refractivity contribution in [2.24, 2.45) is 11.8 Å². The molecule has 1 N–H and O–H groups in total. The molecule has 0 aromatic heterocycles. The predicted molar refractivity (Wildman–Crippen MR) is 68.0 cm³/mol. The van der Waals surface area contributed by atoms with Crippen molar-refractivity contribution in [3.63, 3.8) is 0 Å². The summed E-state index contributed by atoms with van der Waals surface area (Å²) in [5, 5.41) is 2.68. The van der Waals surface area contributed by atoms with Gasteiger partial charge in [-0.1, -0.05) is 24.6 Å². The first-order chi connectivity index (χ1) is 8.56. The molecule has 4 nitrogen and oxygen atoms in total. The van der Waals surface area contributed by atoms with Gasteiger partial charge in [-0.15, -0.1) is 0 Å². The van der Waals surface area contributed by atoms with Crippen molar-refractivity contribution >= 4 is 17.6 Å². The van der Waals surface area contributed by atoms with Gasteiger partial charge in [-0.3, -0.25) is 9.59 Å². The first kappa shape index (κ1) is 12.6. The Morgan fingerprint density at radius 2 is 1.94 bits per heavy atom. The highest BCUT2D eigenvalue weighted by Crippen LogP contribution is 2.38. The number of nitrogens with one attached hydrogen (secondary N) is 1. The highest BCUT2D eigenvalue weighted by molar-refractivity contribution is 5.93. The Morgan fingerprint density at radius 1 is 1.33 bits per heavy atom. The maximum atomic E-state index is 11.5. The summed E-state index contributed by atoms with van der Waals surface area (Å²) in [6, 6.07) is 7.46. The standard InChI is InChI=1S/C14H17NO3/c1-9-3-5-11(6-4-9)15-13(16)8-18-14(17)12-7-10(12)2/h3-6,10,12H,7-8H2,1-2H3,(H,15,16)/t10-,12+/m0/s1. The van der Waals surface area contributed by atoms with Crippen LogP contribution in [0.5, 0.6) is 0 Å². The van der Waals surface area contributed by atoms with E-state index in [0.717, 1.165) is 12.0 Å². The summed E-state index contributed by atoms with van der Waals surface area (Å²) in [4.78, 5) is 23.0. The number of anilines is 1. The molecule has 0 aliphatic heterocycles. The Bertz CT molecular complexity index is 453. The molecule has 1 fully saturated rings. The van der Waals surface area contributed by atoms with Crippen LogP contribution in [-0.4, -0.2) is 18.5 Å². The lowest BCUT2D eigenvalue weighted by molar-refractivity contribution is -0.148. The van der Waals surface area contributed by atoms with Gasteiger partial charge in [0.25, 0.3) is 5.91 Å². The molecule has 1 aromatic rings. The molecule has 18 heavy (non-hydrogen) atoms. The first-order valence-corrected chi connectivity index (χ1v) is 6.09. The van der Waals surface area contributed by atoms with E-state index < -0.39 is 0 Å². The Kier molecular flexibility index (Phi) is 3.65. The van der Waals surface area contributed by atoms with Gasteiger partial charge in [0, 0.05) is 5.69 Å². The molecule has 0 unspecified atom stereocenters. The van der Waals surface area contributed by atoms with Gasteiger partial charge in [0.1, 0.15) is 0 Å². The molecule has 2 atom stereocenters. The summed E-state index contributed by atoms with van der Waals surface area (Å²) >= 11 is 0. The molecule has 2 rings (SSSR count). The molecule has 0 heterocycles. The largest absolute Gasteiger partial charge is 0.455 e. The van der Waals surface area contributed by atoms with E-state index in [4.69, 9.17) is 4.74 Å². The Morgan fingerprint density at radius 3 is 2.50 bits per heavy atom. The average molecular weight is 247 g/mol. The van der Waals surface area contributed by atoms with E-state index in [1.54, 1.807) is 0 Å². The Labute approximate surface area is 106 Å². The monoisotopic (exact) mass is 247 g/mol. The van der Waals surface area contributed by atoms with Gasteiger partial charge in [0.05, 0.1) is 5.92 Å². The van der Waals surface area contributed by atoms with Crippen LogP contribution in [0.1, 0.15) is 18.9 Å². The van der Waals surface area contributed by atoms with Crippen LogP contribution in [-0.2, 0) is 14.3 Å². The number of esters is 1. The van der Waals surface area contributed by atoms with Crippen molar-refractivity contribution in [1.29, 1.82) is 0 Å². The van der Waals surface area contributed by atoms with E-state index in [1.165, 1.54) is 0 Å². The van der Waals surface area contributed by atoms with Crippen LogP contribution >= 0.6 is 0 Å². The molecular weight excluding hydrogens is 230 g/mol. The number of hydrogen-bond donors (Lipinski definition) is 1. The van der Waals surface area contributed by atoms with Crippen LogP contribution in [0, 0.1) is 18.8 Å². The number of amides is 1. The zero-order chi connectivity index (χ0) is 13.1. The number of carbonyl (C=O) groups is 2. The third kappa shape index (κ3) is 3.32. The minimum atomic E-state index is -0.305. The molecule has 1 aliphatic carbocycles. The zero-order valence-electron chi connectivity index (χ0n) is 10.6. The summed E-state index contributed by atoms with van der Waals surface area (Å²) < 4.78 is 4.94. The fourth-order valence-electron chi connectivity index (χ4n) is 1.73. The second-order valence-corrected chi connectivity index (χ2v) is 4.84. The number of hydrogen-bond acceptors (Lipinski definition) is 3. The molecule has 1 saturated carbocycles. The van der Waals surface area contributed by atoms with Crippen LogP contribution in [0.2, 0.25) is 0 Å². The molecule has 1 aliphatic rings. The smallest absolute Gasteiger partial charge is 0.309 e. The summed E-state index contributed by atoms with van der Waals surface area (Å²) in [5.41, 5.74) is 1.84. The van der Waals surface area contributed by atoms with Crippen LogP contribution < -0.4 is 5.32 Å². The van der Waals surface area contributed by atoms with E-state index in [2.05, 4.69) is 5.32 Å². The molecule has 1 amide bonds. The van der Waals surface area contributed by atoms with Gasteiger partial charge < -0.3 is 10.1 Å². The molecule has 96 valence electrons. The molecule has 0 saturated heterocycles. The number of rotatable bonds is 4. The van der Waals surface area contributed by atoms with Crippen LogP contribution in [0.4, 0.5) is 5.69 Å². The van der Waals surface area contributed by atoms with E-state index in [1.807, 2.05) is 38.1 Å². The lowest BCUT2D eigenvalue weighted by Crippen LogP contribution is -2.21. The van der Waals surface area contributed by atoms with Gasteiger partial charge in [0.15, 0.2) is 6.61 Å². The highest BCUT2D eigenvalue weighted by atomic mass is 16.5. The van der Waals surface area contributed by atoms with Crippen molar-refractivity contribution < 1.29 is 14.3 Å². The fraction of sp³-hybridized carbons (Fsp3) is 0.429. The van der Waals surface area contributed by atoms with Crippen molar-refractivity contribution in [3.8, 4) is 0 Å². The second kappa shape index (κ2) is 5.21. The summed E-state index contributed by atoms with van der Waals surface area (Å²) in [6.45, 7) is 3.76. The van der Waals surface area contributed by atoms with E-state index in [0.29, 0.717) is 11.6 Å². The second-order valence-electron chi connectivity index (χ2n) is 4.84. The van der Waals surface area contributed by atoms with E-state index in [-0.39, 0.29) is 24.4 Å². The Balaban J connectivity index is 1.75. The van der Waals surface area contributed by atoms with E-state index >= 15 is 0 Å². The van der Waals surface area contributed by atoms with Gasteiger partial charge in [-0.05, 0) is 31.4 Å². The summed E-state index contributed by atoms with van der Waals surface area (Å²) in [7, 11) is 0. The minimum absolute atomic E-state index is 0.00262. The van der Waals surface area contributed by atoms with Gasteiger partial charge in [0.2, 0.25) is 0 Å². The third-order valence-corrected chi connectivity index (χ3v) is 3.09. The number of benzene rings is 1. The van der Waals surface area contributed by atoms with Crippen molar-refractivity contribution in [1.82, 2.24) is 0 Å². The summed E-state index contributed by atoms with van der Waals surface area (Å²) in [5.74, 6) is -0.170. The Hall–Kier alpha value is -1.84. The lowest BCUT2D eigenvalue weighted by Gasteiger charge is -2.06. The van der Waals surface area contributed by atoms with Gasteiger partial charge in [-0.25, -0.2) is 0 Å². The predicted octanol–water partition coefficient (Wildman–Crippen LogP) is 2.13. The van der Waals surface area contributed by atoms with Crippen molar-refractivity contribution in [2.75, 3.05) is 11.9 Å². The third-order valence-electron chi connectivity index (χ3n) is 3.09. The van der Waals surface area contributed by atoms with Crippen molar-refractivity contribution in [3.05, 3.63) is 29.8 Å². The lowest BCUT2D eigenvalue weighted by atomic mass is 10.2. The minimum Gasteiger partial charge on any atom is -0.455 e. The van der Waals surface area contributed by atoms with Gasteiger partial charge >= 0.3 is 5.97 Å². The quantitative estimate of drug-likeness (QED) is 0.829. The topological polar surface area (TPSA) is 55.4 Å². The fourth-order valence-corrected chi connectivity index (χ4v) is 1.73. The molecule has 0 spiro atoms. The van der Waals surface area contributed by atoms with E-state index in [9.17, 15) is 9.59 Å². The maximum absolute atomic E-state index is 11.5. The van der Waals surface area contributed by atoms with Crippen molar-refractivity contribution in [2.45, 2.75) is 20.3 Å². The molecule has 0 radical (unpaired) electrons.